The molecule has 5 heteroatoms. The molecule has 0 rings (SSSR count). The summed E-state index contributed by atoms with van der Waals surface area (Å²) < 4.78 is 0. The van der Waals surface area contributed by atoms with E-state index in [1.54, 1.807) is 0 Å². The average molecular weight is 528 g/mol. The SMILES string of the molecule is CCCCCCCCCCCCCCCCCCCCCCCC(=O)O.CCCCCCCCON=O. The van der Waals surface area contributed by atoms with E-state index in [1.165, 1.54) is 148 Å². The Labute approximate surface area is 231 Å². The topological polar surface area (TPSA) is 76.0 Å². The van der Waals surface area contributed by atoms with Gasteiger partial charge in [0.05, 0.1) is 0 Å². The van der Waals surface area contributed by atoms with Crippen molar-refractivity contribution in [2.75, 3.05) is 6.61 Å². The summed E-state index contributed by atoms with van der Waals surface area (Å²) in [7, 11) is 0. The van der Waals surface area contributed by atoms with Gasteiger partial charge in [0.25, 0.3) is 0 Å². The van der Waals surface area contributed by atoms with E-state index >= 15 is 0 Å². The van der Waals surface area contributed by atoms with Gasteiger partial charge in [0.1, 0.15) is 6.61 Å². The predicted molar refractivity (Wildman–Crippen MR) is 160 cm³/mol. The molecular formula is C32H65NO4. The quantitative estimate of drug-likeness (QED) is 0.0572. The third kappa shape index (κ3) is 42.2. The Bertz CT molecular complexity index is 431. The van der Waals surface area contributed by atoms with Crippen LogP contribution in [0.4, 0.5) is 0 Å². The van der Waals surface area contributed by atoms with Crippen LogP contribution >= 0.6 is 0 Å². The van der Waals surface area contributed by atoms with Crippen LogP contribution in [0.3, 0.4) is 0 Å². The average Bonchev–Trinajstić information content (AvgIpc) is 2.89. The molecule has 0 aliphatic carbocycles. The summed E-state index contributed by atoms with van der Waals surface area (Å²) in [4.78, 5) is 24.2. The van der Waals surface area contributed by atoms with Crippen LogP contribution in [0.5, 0.6) is 0 Å². The molecule has 0 bridgehead atoms. The molecule has 0 atom stereocenters. The maximum Gasteiger partial charge on any atom is 0.303 e. The van der Waals surface area contributed by atoms with Crippen LogP contribution < -0.4 is 0 Å². The molecule has 0 spiro atoms. The normalized spacial score (nSPS) is 10.6. The van der Waals surface area contributed by atoms with E-state index in [2.05, 4.69) is 24.0 Å². The Morgan fingerprint density at radius 1 is 0.486 bits per heavy atom. The fourth-order valence-corrected chi connectivity index (χ4v) is 4.69. The lowest BCUT2D eigenvalue weighted by Crippen LogP contribution is -1.93. The van der Waals surface area contributed by atoms with Gasteiger partial charge in [-0.1, -0.05) is 168 Å². The summed E-state index contributed by atoms with van der Waals surface area (Å²) in [5, 5.41) is 10.9. The summed E-state index contributed by atoms with van der Waals surface area (Å²) in [6, 6.07) is 0. The third-order valence-corrected chi connectivity index (χ3v) is 7.14. The van der Waals surface area contributed by atoms with Crippen molar-refractivity contribution in [1.82, 2.24) is 0 Å². The molecule has 0 amide bonds. The van der Waals surface area contributed by atoms with Crippen LogP contribution in [0.2, 0.25) is 0 Å². The van der Waals surface area contributed by atoms with E-state index in [9.17, 15) is 9.70 Å². The second-order valence-corrected chi connectivity index (χ2v) is 10.9. The number of unbranched alkanes of at least 4 members (excludes halogenated alkanes) is 25. The smallest absolute Gasteiger partial charge is 0.303 e. The van der Waals surface area contributed by atoms with E-state index in [4.69, 9.17) is 5.11 Å². The van der Waals surface area contributed by atoms with Gasteiger partial charge in [0.15, 0.2) is 5.34 Å². The van der Waals surface area contributed by atoms with E-state index in [1.807, 2.05) is 0 Å². The van der Waals surface area contributed by atoms with Crippen molar-refractivity contribution in [2.24, 2.45) is 5.34 Å². The first-order chi connectivity index (χ1) is 18.2. The second kappa shape index (κ2) is 37.0. The minimum Gasteiger partial charge on any atom is -0.481 e. The number of rotatable bonds is 30. The number of carbonyl (C=O) groups is 1. The monoisotopic (exact) mass is 527 g/mol. The molecule has 5 nitrogen and oxygen atoms in total. The van der Waals surface area contributed by atoms with Gasteiger partial charge >= 0.3 is 5.97 Å². The molecule has 0 heterocycles. The molecule has 0 fully saturated rings. The van der Waals surface area contributed by atoms with E-state index in [-0.39, 0.29) is 0 Å². The van der Waals surface area contributed by atoms with Crippen molar-refractivity contribution in [3.8, 4) is 0 Å². The Morgan fingerprint density at radius 2 is 0.757 bits per heavy atom. The molecule has 0 aromatic heterocycles. The highest BCUT2D eigenvalue weighted by atomic mass is 16.7. The predicted octanol–water partition coefficient (Wildman–Crippen LogP) is 11.7. The van der Waals surface area contributed by atoms with Crippen LogP contribution in [0, 0.1) is 4.91 Å². The molecule has 0 saturated carbocycles. The third-order valence-electron chi connectivity index (χ3n) is 7.14. The molecule has 0 radical (unpaired) electrons. The number of hydrogen-bond donors (Lipinski definition) is 1. The number of nitrogens with zero attached hydrogens (tertiary/aromatic N) is 1. The lowest BCUT2D eigenvalue weighted by atomic mass is 10.0. The van der Waals surface area contributed by atoms with Gasteiger partial charge in [-0.3, -0.25) is 4.79 Å². The van der Waals surface area contributed by atoms with E-state index in [0.29, 0.717) is 13.0 Å². The molecule has 222 valence electrons. The zero-order valence-corrected chi connectivity index (χ0v) is 25.1. The fourth-order valence-electron chi connectivity index (χ4n) is 4.69. The van der Waals surface area contributed by atoms with Gasteiger partial charge in [-0.15, -0.1) is 4.91 Å². The van der Waals surface area contributed by atoms with Crippen LogP contribution in [-0.2, 0) is 9.63 Å². The van der Waals surface area contributed by atoms with Crippen LogP contribution in [0.15, 0.2) is 5.34 Å². The van der Waals surface area contributed by atoms with Gasteiger partial charge in [-0.05, 0) is 19.3 Å². The van der Waals surface area contributed by atoms with Gasteiger partial charge < -0.3 is 9.94 Å². The summed E-state index contributed by atoms with van der Waals surface area (Å²) in [5.41, 5.74) is 0. The molecule has 1 N–H and O–H groups in total. The zero-order valence-electron chi connectivity index (χ0n) is 25.1. The van der Waals surface area contributed by atoms with Gasteiger partial charge in [0.2, 0.25) is 0 Å². The molecule has 37 heavy (non-hydrogen) atoms. The van der Waals surface area contributed by atoms with Crippen molar-refractivity contribution >= 4 is 5.97 Å². The van der Waals surface area contributed by atoms with Crippen molar-refractivity contribution in [3.05, 3.63) is 4.91 Å². The minimum atomic E-state index is -0.650. The summed E-state index contributed by atoms with van der Waals surface area (Å²) in [5.74, 6) is -0.650. The Balaban J connectivity index is 0. The Kier molecular flexibility index (Phi) is 38.0. The van der Waals surface area contributed by atoms with Crippen molar-refractivity contribution in [3.63, 3.8) is 0 Å². The van der Waals surface area contributed by atoms with E-state index < -0.39 is 5.97 Å². The lowest BCUT2D eigenvalue weighted by Gasteiger charge is -2.04. The Hall–Kier alpha value is -1.13. The van der Waals surface area contributed by atoms with Gasteiger partial charge in [0, 0.05) is 6.42 Å². The van der Waals surface area contributed by atoms with Gasteiger partial charge in [-0.2, -0.15) is 0 Å². The van der Waals surface area contributed by atoms with Crippen molar-refractivity contribution in [2.45, 2.75) is 194 Å². The highest BCUT2D eigenvalue weighted by molar-refractivity contribution is 5.66. The fraction of sp³-hybridized carbons (Fsp3) is 0.969. The maximum atomic E-state index is 10.4. The first-order valence-corrected chi connectivity index (χ1v) is 16.3. The second-order valence-electron chi connectivity index (χ2n) is 10.9. The Morgan fingerprint density at radius 3 is 1.03 bits per heavy atom. The molecule has 0 unspecified atom stereocenters. The highest BCUT2D eigenvalue weighted by Gasteiger charge is 1.97. The molecule has 0 aromatic carbocycles. The first kappa shape index (κ1) is 38.0. The zero-order chi connectivity index (χ0) is 27.5. The van der Waals surface area contributed by atoms with Crippen LogP contribution in [0.25, 0.3) is 0 Å². The van der Waals surface area contributed by atoms with E-state index in [0.717, 1.165) is 25.7 Å². The number of hydrogen-bond acceptors (Lipinski definition) is 4. The van der Waals surface area contributed by atoms with Crippen LogP contribution in [-0.4, -0.2) is 17.7 Å². The molecule has 0 aliphatic rings. The molecule has 0 aromatic rings. The number of carboxylic acid groups (broad SMARTS) is 1. The number of aliphatic carboxylic acids is 1. The number of carboxylic acids is 1. The largest absolute Gasteiger partial charge is 0.481 e. The molecule has 0 aliphatic heterocycles. The van der Waals surface area contributed by atoms with Crippen molar-refractivity contribution in [1.29, 1.82) is 0 Å². The summed E-state index contributed by atoms with van der Waals surface area (Å²) in [6.45, 7) is 4.96. The van der Waals surface area contributed by atoms with Crippen LogP contribution in [0.1, 0.15) is 194 Å². The first-order valence-electron chi connectivity index (χ1n) is 16.3. The lowest BCUT2D eigenvalue weighted by molar-refractivity contribution is -0.137. The summed E-state index contributed by atoms with van der Waals surface area (Å²) >= 11 is 0. The summed E-state index contributed by atoms with van der Waals surface area (Å²) in [6.07, 6.45) is 36.3. The minimum absolute atomic E-state index is 0.346. The van der Waals surface area contributed by atoms with Crippen molar-refractivity contribution < 1.29 is 14.7 Å². The maximum absolute atomic E-state index is 10.4. The molecule has 0 saturated heterocycles. The highest BCUT2D eigenvalue weighted by Crippen LogP contribution is 2.15. The van der Waals surface area contributed by atoms with Gasteiger partial charge in [-0.25, -0.2) is 0 Å². The molecular weight excluding hydrogens is 462 g/mol. The standard InChI is InChI=1S/C24H48O2.C8H17NO2/c1-2-3-4-5-6-7-8-9-10-11-12-13-14-15-16-17-18-19-20-21-22-23-24(25)26;1-2-3-4-5-6-7-8-11-9-10/h2-23H2,1H3,(H,25,26);2-8H2,1H3.